The Labute approximate surface area is 152 Å². The minimum Gasteiger partial charge on any atom is -0.496 e. The van der Waals surface area contributed by atoms with Crippen molar-refractivity contribution in [1.82, 2.24) is 10.1 Å². The largest absolute Gasteiger partial charge is 0.496 e. The number of aryl methyl sites for hydroxylation is 1. The predicted molar refractivity (Wildman–Crippen MR) is 94.3 cm³/mol. The standard InChI is InChI=1S/C18H15BrN2O4/c1-11-5-3-4-6-13(11)17-20-16(25-21-17)10-24-18(22)12-7-8-15(23-2)14(19)9-12/h3-9H,10H2,1-2H3. The molecule has 0 N–H and O–H groups in total. The van der Waals surface area contributed by atoms with Gasteiger partial charge in [-0.3, -0.25) is 0 Å². The van der Waals surface area contributed by atoms with Crippen molar-refractivity contribution < 1.29 is 18.8 Å². The first-order valence-corrected chi connectivity index (χ1v) is 8.27. The Bertz CT molecular complexity index is 908. The summed E-state index contributed by atoms with van der Waals surface area (Å²) in [4.78, 5) is 16.4. The molecule has 0 saturated carbocycles. The van der Waals surface area contributed by atoms with Gasteiger partial charge >= 0.3 is 5.97 Å². The van der Waals surface area contributed by atoms with Crippen LogP contribution in [0.3, 0.4) is 0 Å². The molecule has 0 saturated heterocycles. The van der Waals surface area contributed by atoms with Gasteiger partial charge < -0.3 is 14.0 Å². The number of halogens is 1. The Morgan fingerprint density at radius 3 is 2.76 bits per heavy atom. The molecule has 0 fully saturated rings. The molecule has 0 bridgehead atoms. The van der Waals surface area contributed by atoms with Crippen LogP contribution in [0.2, 0.25) is 0 Å². The van der Waals surface area contributed by atoms with Crippen LogP contribution in [0.15, 0.2) is 51.5 Å². The average molecular weight is 403 g/mol. The summed E-state index contributed by atoms with van der Waals surface area (Å²) in [6.07, 6.45) is 0. The lowest BCUT2D eigenvalue weighted by molar-refractivity contribution is 0.0429. The zero-order valence-corrected chi connectivity index (χ0v) is 15.2. The molecule has 3 aromatic rings. The minimum absolute atomic E-state index is 0.0959. The van der Waals surface area contributed by atoms with E-state index in [0.717, 1.165) is 11.1 Å². The van der Waals surface area contributed by atoms with Crippen LogP contribution in [-0.4, -0.2) is 23.2 Å². The van der Waals surface area contributed by atoms with E-state index in [0.29, 0.717) is 21.6 Å². The molecule has 0 unspecified atom stereocenters. The number of ether oxygens (including phenoxy) is 2. The first kappa shape index (κ1) is 17.2. The number of esters is 1. The molecule has 0 aliphatic heterocycles. The van der Waals surface area contributed by atoms with Crippen molar-refractivity contribution >= 4 is 21.9 Å². The molecule has 1 heterocycles. The summed E-state index contributed by atoms with van der Waals surface area (Å²) >= 11 is 3.33. The highest BCUT2D eigenvalue weighted by Crippen LogP contribution is 2.26. The molecule has 7 heteroatoms. The second kappa shape index (κ2) is 7.48. The van der Waals surface area contributed by atoms with Gasteiger partial charge in [-0.2, -0.15) is 4.98 Å². The number of hydrogen-bond donors (Lipinski definition) is 0. The van der Waals surface area contributed by atoms with Crippen LogP contribution in [0, 0.1) is 6.92 Å². The summed E-state index contributed by atoms with van der Waals surface area (Å²) in [6, 6.07) is 12.7. The number of methoxy groups -OCH3 is 1. The molecule has 128 valence electrons. The SMILES string of the molecule is COc1ccc(C(=O)OCc2nc(-c3ccccc3C)no2)cc1Br. The normalized spacial score (nSPS) is 10.5. The third-order valence-corrected chi connectivity index (χ3v) is 4.19. The van der Waals surface area contributed by atoms with E-state index < -0.39 is 5.97 Å². The van der Waals surface area contributed by atoms with Crippen LogP contribution < -0.4 is 4.74 Å². The molecule has 0 aliphatic carbocycles. The Kier molecular flexibility index (Phi) is 5.14. The van der Waals surface area contributed by atoms with Crippen molar-refractivity contribution in [3.8, 4) is 17.1 Å². The maximum absolute atomic E-state index is 12.1. The third-order valence-electron chi connectivity index (χ3n) is 3.57. The molecule has 0 amide bonds. The van der Waals surface area contributed by atoms with E-state index in [4.69, 9.17) is 14.0 Å². The molecule has 25 heavy (non-hydrogen) atoms. The zero-order chi connectivity index (χ0) is 17.8. The summed E-state index contributed by atoms with van der Waals surface area (Å²) in [6.45, 7) is 1.87. The summed E-state index contributed by atoms with van der Waals surface area (Å²) < 4.78 is 16.2. The van der Waals surface area contributed by atoms with E-state index in [-0.39, 0.29) is 12.5 Å². The predicted octanol–water partition coefficient (Wildman–Crippen LogP) is 4.17. The number of aromatic nitrogens is 2. The van der Waals surface area contributed by atoms with E-state index in [1.165, 1.54) is 0 Å². The second-order valence-corrected chi connectivity index (χ2v) is 6.11. The Morgan fingerprint density at radius 1 is 1.24 bits per heavy atom. The van der Waals surface area contributed by atoms with Crippen molar-refractivity contribution in [1.29, 1.82) is 0 Å². The quantitative estimate of drug-likeness (QED) is 0.596. The Balaban J connectivity index is 1.67. The lowest BCUT2D eigenvalue weighted by Gasteiger charge is -2.05. The number of hydrogen-bond acceptors (Lipinski definition) is 6. The highest BCUT2D eigenvalue weighted by molar-refractivity contribution is 9.10. The van der Waals surface area contributed by atoms with Crippen molar-refractivity contribution in [3.63, 3.8) is 0 Å². The van der Waals surface area contributed by atoms with E-state index in [9.17, 15) is 4.79 Å². The van der Waals surface area contributed by atoms with Gasteiger partial charge in [0.05, 0.1) is 17.1 Å². The Hall–Kier alpha value is -2.67. The lowest BCUT2D eigenvalue weighted by atomic mass is 10.1. The lowest BCUT2D eigenvalue weighted by Crippen LogP contribution is -2.05. The fraction of sp³-hybridized carbons (Fsp3) is 0.167. The highest BCUT2D eigenvalue weighted by atomic mass is 79.9. The van der Waals surface area contributed by atoms with Gasteiger partial charge in [0, 0.05) is 5.56 Å². The van der Waals surface area contributed by atoms with Gasteiger partial charge in [0.25, 0.3) is 5.89 Å². The Morgan fingerprint density at radius 2 is 2.04 bits per heavy atom. The van der Waals surface area contributed by atoms with Crippen LogP contribution >= 0.6 is 15.9 Å². The van der Waals surface area contributed by atoms with E-state index >= 15 is 0 Å². The van der Waals surface area contributed by atoms with Gasteiger partial charge in [0.2, 0.25) is 5.82 Å². The van der Waals surface area contributed by atoms with E-state index in [2.05, 4.69) is 26.1 Å². The molecule has 0 atom stereocenters. The monoisotopic (exact) mass is 402 g/mol. The highest BCUT2D eigenvalue weighted by Gasteiger charge is 2.14. The molecule has 0 radical (unpaired) electrons. The molecule has 6 nitrogen and oxygen atoms in total. The number of carbonyl (C=O) groups excluding carboxylic acids is 1. The summed E-state index contributed by atoms with van der Waals surface area (Å²) in [5, 5.41) is 3.93. The number of carbonyl (C=O) groups is 1. The van der Waals surface area contributed by atoms with Gasteiger partial charge in [-0.1, -0.05) is 29.4 Å². The smallest absolute Gasteiger partial charge is 0.338 e. The molecule has 3 rings (SSSR count). The zero-order valence-electron chi connectivity index (χ0n) is 13.7. The first-order valence-electron chi connectivity index (χ1n) is 7.47. The third kappa shape index (κ3) is 3.88. The second-order valence-electron chi connectivity index (χ2n) is 5.25. The van der Waals surface area contributed by atoms with Crippen LogP contribution in [0.1, 0.15) is 21.8 Å². The van der Waals surface area contributed by atoms with E-state index in [1.54, 1.807) is 25.3 Å². The fourth-order valence-electron chi connectivity index (χ4n) is 2.25. The van der Waals surface area contributed by atoms with Gasteiger partial charge in [-0.15, -0.1) is 0 Å². The maximum Gasteiger partial charge on any atom is 0.338 e. The minimum atomic E-state index is -0.487. The van der Waals surface area contributed by atoms with Gasteiger partial charge in [0.15, 0.2) is 6.61 Å². The number of rotatable bonds is 5. The average Bonchev–Trinajstić information content (AvgIpc) is 3.08. The van der Waals surface area contributed by atoms with E-state index in [1.807, 2.05) is 31.2 Å². The molecule has 1 aromatic heterocycles. The molecule has 0 aliphatic rings. The summed E-state index contributed by atoms with van der Waals surface area (Å²) in [5.74, 6) is 0.853. The van der Waals surface area contributed by atoms with Gasteiger partial charge in [-0.25, -0.2) is 4.79 Å². The van der Waals surface area contributed by atoms with Crippen LogP contribution in [0.25, 0.3) is 11.4 Å². The molecular weight excluding hydrogens is 388 g/mol. The molecule has 2 aromatic carbocycles. The number of benzene rings is 2. The van der Waals surface area contributed by atoms with Crippen LogP contribution in [0.5, 0.6) is 5.75 Å². The van der Waals surface area contributed by atoms with Crippen molar-refractivity contribution in [2.75, 3.05) is 7.11 Å². The summed E-state index contributed by atoms with van der Waals surface area (Å²) in [5.41, 5.74) is 2.31. The molecule has 0 spiro atoms. The topological polar surface area (TPSA) is 74.5 Å². The van der Waals surface area contributed by atoms with Crippen LogP contribution in [0.4, 0.5) is 0 Å². The van der Waals surface area contributed by atoms with Crippen LogP contribution in [-0.2, 0) is 11.3 Å². The molecular formula is C18H15BrN2O4. The van der Waals surface area contributed by atoms with Crippen molar-refractivity contribution in [3.05, 3.63) is 64.0 Å². The van der Waals surface area contributed by atoms with Crippen molar-refractivity contribution in [2.24, 2.45) is 0 Å². The van der Waals surface area contributed by atoms with Crippen molar-refractivity contribution in [2.45, 2.75) is 13.5 Å². The summed E-state index contributed by atoms with van der Waals surface area (Å²) in [7, 11) is 1.56. The van der Waals surface area contributed by atoms with Gasteiger partial charge in [-0.05, 0) is 46.6 Å². The van der Waals surface area contributed by atoms with Gasteiger partial charge in [0.1, 0.15) is 5.75 Å². The number of nitrogens with zero attached hydrogens (tertiary/aromatic N) is 2. The maximum atomic E-state index is 12.1. The first-order chi connectivity index (χ1) is 12.1. The fourth-order valence-corrected chi connectivity index (χ4v) is 2.79.